The molecule has 2 amide bonds. The largest absolute Gasteiger partial charge is 0.352 e. The predicted molar refractivity (Wildman–Crippen MR) is 77.6 cm³/mol. The van der Waals surface area contributed by atoms with Gasteiger partial charge in [0.15, 0.2) is 0 Å². The van der Waals surface area contributed by atoms with Gasteiger partial charge in [0.2, 0.25) is 11.8 Å². The van der Waals surface area contributed by atoms with E-state index in [0.29, 0.717) is 18.3 Å². The molecule has 0 radical (unpaired) electrons. The summed E-state index contributed by atoms with van der Waals surface area (Å²) in [5.74, 6) is 0.632. The van der Waals surface area contributed by atoms with Gasteiger partial charge in [-0.2, -0.15) is 5.10 Å². The average Bonchev–Trinajstić information content (AvgIpc) is 3.33. The van der Waals surface area contributed by atoms with Crippen molar-refractivity contribution in [2.24, 2.45) is 5.92 Å². The van der Waals surface area contributed by atoms with Crippen molar-refractivity contribution in [2.45, 2.75) is 38.3 Å². The van der Waals surface area contributed by atoms with Gasteiger partial charge in [0, 0.05) is 12.2 Å². The molecule has 7 heteroatoms. The highest BCUT2D eigenvalue weighted by molar-refractivity contribution is 5.92. The van der Waals surface area contributed by atoms with Crippen LogP contribution in [0, 0.1) is 5.92 Å². The maximum Gasteiger partial charge on any atom is 0.241 e. The van der Waals surface area contributed by atoms with E-state index >= 15 is 0 Å². The summed E-state index contributed by atoms with van der Waals surface area (Å²) in [6.45, 7) is 1.41. The number of anilines is 1. The van der Waals surface area contributed by atoms with Gasteiger partial charge < -0.3 is 16.0 Å². The number of nitrogens with one attached hydrogen (secondary N) is 3. The van der Waals surface area contributed by atoms with Crippen LogP contribution in [0.15, 0.2) is 12.4 Å². The first-order valence-corrected chi connectivity index (χ1v) is 7.51. The summed E-state index contributed by atoms with van der Waals surface area (Å²) in [5.41, 5.74) is 0.618. The van der Waals surface area contributed by atoms with Crippen molar-refractivity contribution in [2.75, 3.05) is 18.4 Å². The van der Waals surface area contributed by atoms with E-state index in [9.17, 15) is 9.59 Å². The molecule has 0 unspecified atom stereocenters. The summed E-state index contributed by atoms with van der Waals surface area (Å²) in [4.78, 5) is 23.3. The molecule has 2 aliphatic carbocycles. The molecule has 7 nitrogen and oxygen atoms in total. The maximum atomic E-state index is 11.7. The lowest BCUT2D eigenvalue weighted by Crippen LogP contribution is -2.29. The molecule has 0 atom stereocenters. The minimum atomic E-state index is -0.0855. The number of carbonyl (C=O) groups is 2. The van der Waals surface area contributed by atoms with Crippen molar-refractivity contribution >= 4 is 17.5 Å². The predicted octanol–water partition coefficient (Wildman–Crippen LogP) is 0.0998. The SMILES string of the molecule is O=C(CNCC1CC1)Nc1cnn(CC(=O)NC2CC2)c1. The molecule has 0 aromatic carbocycles. The Labute approximate surface area is 123 Å². The molecule has 0 saturated heterocycles. The van der Waals surface area contributed by atoms with E-state index in [1.807, 2.05) is 0 Å². The molecule has 0 bridgehead atoms. The summed E-state index contributed by atoms with van der Waals surface area (Å²) < 4.78 is 1.53. The summed E-state index contributed by atoms with van der Waals surface area (Å²) in [6.07, 6.45) is 7.91. The molecule has 3 rings (SSSR count). The Morgan fingerprint density at radius 3 is 2.76 bits per heavy atom. The standard InChI is InChI=1S/C14H21N5O2/c20-13(7-15-5-10-1-2-10)18-12-6-16-19(8-12)9-14(21)17-11-3-4-11/h6,8,10-11,15H,1-5,7,9H2,(H,17,21)(H,18,20). The van der Waals surface area contributed by atoms with Crippen LogP contribution in [0.25, 0.3) is 0 Å². The molecule has 1 aromatic rings. The highest BCUT2D eigenvalue weighted by Gasteiger charge is 2.23. The number of aromatic nitrogens is 2. The Hall–Kier alpha value is -1.89. The van der Waals surface area contributed by atoms with E-state index in [-0.39, 0.29) is 18.4 Å². The quantitative estimate of drug-likeness (QED) is 0.634. The maximum absolute atomic E-state index is 11.7. The highest BCUT2D eigenvalue weighted by atomic mass is 16.2. The fourth-order valence-corrected chi connectivity index (χ4v) is 2.08. The normalized spacial score (nSPS) is 17.5. The molecule has 2 aliphatic rings. The van der Waals surface area contributed by atoms with E-state index in [1.165, 1.54) is 17.5 Å². The summed E-state index contributed by atoms with van der Waals surface area (Å²) in [6, 6.07) is 0.352. The zero-order valence-corrected chi connectivity index (χ0v) is 12.0. The lowest BCUT2D eigenvalue weighted by Gasteiger charge is -2.04. The number of rotatable bonds is 8. The van der Waals surface area contributed by atoms with Gasteiger partial charge in [-0.25, -0.2) is 0 Å². The van der Waals surface area contributed by atoms with Gasteiger partial charge in [0.1, 0.15) is 6.54 Å². The van der Waals surface area contributed by atoms with Gasteiger partial charge in [0.25, 0.3) is 0 Å². The van der Waals surface area contributed by atoms with Gasteiger partial charge in [-0.1, -0.05) is 0 Å². The van der Waals surface area contributed by atoms with Gasteiger partial charge in [-0.15, -0.1) is 0 Å². The molecular weight excluding hydrogens is 270 g/mol. The van der Waals surface area contributed by atoms with E-state index in [0.717, 1.165) is 25.3 Å². The first-order chi connectivity index (χ1) is 10.2. The molecule has 1 aromatic heterocycles. The molecule has 2 saturated carbocycles. The topological polar surface area (TPSA) is 88.1 Å². The number of hydrogen-bond donors (Lipinski definition) is 3. The molecule has 1 heterocycles. The second kappa shape index (κ2) is 6.26. The monoisotopic (exact) mass is 291 g/mol. The van der Waals surface area contributed by atoms with Crippen LogP contribution < -0.4 is 16.0 Å². The number of carbonyl (C=O) groups excluding carboxylic acids is 2. The summed E-state index contributed by atoms with van der Waals surface area (Å²) >= 11 is 0. The third-order valence-electron chi connectivity index (χ3n) is 3.58. The molecule has 0 aliphatic heterocycles. The van der Waals surface area contributed by atoms with E-state index < -0.39 is 0 Å². The lowest BCUT2D eigenvalue weighted by molar-refractivity contribution is -0.122. The third kappa shape index (κ3) is 4.86. The van der Waals surface area contributed by atoms with Crippen LogP contribution in [0.4, 0.5) is 5.69 Å². The zero-order chi connectivity index (χ0) is 14.7. The van der Waals surface area contributed by atoms with E-state index in [1.54, 1.807) is 12.4 Å². The van der Waals surface area contributed by atoms with Gasteiger partial charge >= 0.3 is 0 Å². The second-order valence-electron chi connectivity index (χ2n) is 5.89. The van der Waals surface area contributed by atoms with Crippen LogP contribution in [-0.4, -0.2) is 40.7 Å². The van der Waals surface area contributed by atoms with Gasteiger partial charge in [-0.3, -0.25) is 14.3 Å². The lowest BCUT2D eigenvalue weighted by atomic mass is 10.4. The van der Waals surface area contributed by atoms with Crippen molar-refractivity contribution in [3.05, 3.63) is 12.4 Å². The fourth-order valence-electron chi connectivity index (χ4n) is 2.08. The zero-order valence-electron chi connectivity index (χ0n) is 12.0. The van der Waals surface area contributed by atoms with Gasteiger partial charge in [0.05, 0.1) is 18.4 Å². The van der Waals surface area contributed by atoms with Crippen molar-refractivity contribution in [3.8, 4) is 0 Å². The number of nitrogens with zero attached hydrogens (tertiary/aromatic N) is 2. The number of hydrogen-bond acceptors (Lipinski definition) is 4. The minimum absolute atomic E-state index is 0.0374. The van der Waals surface area contributed by atoms with Crippen LogP contribution in [0.2, 0.25) is 0 Å². The Balaban J connectivity index is 1.38. The molecule has 114 valence electrons. The fraction of sp³-hybridized carbons (Fsp3) is 0.643. The summed E-state index contributed by atoms with van der Waals surface area (Å²) in [5, 5.41) is 12.9. The van der Waals surface area contributed by atoms with Crippen LogP contribution in [0.5, 0.6) is 0 Å². The van der Waals surface area contributed by atoms with Gasteiger partial charge in [-0.05, 0) is 38.1 Å². The third-order valence-corrected chi connectivity index (χ3v) is 3.58. The molecule has 21 heavy (non-hydrogen) atoms. The minimum Gasteiger partial charge on any atom is -0.352 e. The molecule has 0 spiro atoms. The second-order valence-corrected chi connectivity index (χ2v) is 5.89. The van der Waals surface area contributed by atoms with Crippen molar-refractivity contribution in [1.82, 2.24) is 20.4 Å². The molecule has 2 fully saturated rings. The average molecular weight is 291 g/mol. The Morgan fingerprint density at radius 1 is 1.24 bits per heavy atom. The summed E-state index contributed by atoms with van der Waals surface area (Å²) in [7, 11) is 0. The first kappa shape index (κ1) is 14.1. The van der Waals surface area contributed by atoms with Crippen LogP contribution in [-0.2, 0) is 16.1 Å². The Kier molecular flexibility index (Phi) is 4.19. The smallest absolute Gasteiger partial charge is 0.241 e. The highest BCUT2D eigenvalue weighted by Crippen LogP contribution is 2.27. The molecule has 3 N–H and O–H groups in total. The van der Waals surface area contributed by atoms with Crippen LogP contribution in [0.1, 0.15) is 25.7 Å². The van der Waals surface area contributed by atoms with E-state index in [2.05, 4.69) is 21.0 Å². The van der Waals surface area contributed by atoms with Crippen LogP contribution in [0.3, 0.4) is 0 Å². The van der Waals surface area contributed by atoms with Crippen molar-refractivity contribution in [3.63, 3.8) is 0 Å². The Bertz CT molecular complexity index is 519. The van der Waals surface area contributed by atoms with Crippen molar-refractivity contribution in [1.29, 1.82) is 0 Å². The van der Waals surface area contributed by atoms with Crippen LogP contribution >= 0.6 is 0 Å². The first-order valence-electron chi connectivity index (χ1n) is 7.51. The molecular formula is C14H21N5O2. The Morgan fingerprint density at radius 2 is 2.05 bits per heavy atom. The van der Waals surface area contributed by atoms with E-state index in [4.69, 9.17) is 0 Å². The van der Waals surface area contributed by atoms with Crippen molar-refractivity contribution < 1.29 is 9.59 Å². The number of amides is 2.